The predicted molar refractivity (Wildman–Crippen MR) is 167 cm³/mol. The number of benzene rings is 1. The predicted octanol–water partition coefficient (Wildman–Crippen LogP) is 5.73. The minimum Gasteiger partial charge on any atom is -0.399 e. The van der Waals surface area contributed by atoms with Crippen LogP contribution in [0.5, 0.6) is 0 Å². The first-order valence-electron chi connectivity index (χ1n) is 14.5. The molecule has 40 heavy (non-hydrogen) atoms. The number of hydrogen-bond donors (Lipinski definition) is 3. The number of para-hydroxylation sites is 1. The molecule has 0 saturated carbocycles. The second-order valence-electron chi connectivity index (χ2n) is 10.6. The zero-order valence-corrected chi connectivity index (χ0v) is 23.5. The zero-order valence-electron chi connectivity index (χ0n) is 23.5. The molecule has 1 aliphatic heterocycles. The maximum absolute atomic E-state index is 6.40. The van der Waals surface area contributed by atoms with E-state index in [2.05, 4.69) is 51.2 Å². The number of aromatic nitrogens is 3. The molecule has 2 aromatic heterocycles. The van der Waals surface area contributed by atoms with E-state index < -0.39 is 0 Å². The lowest BCUT2D eigenvalue weighted by molar-refractivity contribution is 0.123. The van der Waals surface area contributed by atoms with Gasteiger partial charge in [0.25, 0.3) is 0 Å². The number of nitrogens with zero attached hydrogens (tertiary/aromatic N) is 4. The number of anilines is 1. The van der Waals surface area contributed by atoms with Crippen LogP contribution in [0.3, 0.4) is 0 Å². The summed E-state index contributed by atoms with van der Waals surface area (Å²) in [7, 11) is 0. The van der Waals surface area contributed by atoms with Crippen LogP contribution in [0.15, 0.2) is 96.3 Å². The number of hydrazine groups is 1. The van der Waals surface area contributed by atoms with Gasteiger partial charge in [0.15, 0.2) is 5.82 Å². The summed E-state index contributed by atoms with van der Waals surface area (Å²) in [4.78, 5) is 9.66. The number of unbranched alkanes of at least 4 members (excludes halogenated alkanes) is 1. The number of hydrogen-bond acceptors (Lipinski definition) is 6. The standard InChI is InChI=1S/C33H41N7/c1-2-3-17-30-38-31-32(28-15-11-12-16-29(28)37-33(31)35)40(30)24-25-18-20-39(21-19-25)36-23-26-13-9-7-5-4-6-8-10-14-27(34)22-26/h4-16,22,25,36H,2-3,17-21,23-24,34H2,1H3,(H2,35,37)/b5-4-,6-4?,7-5?,8-6-,9-7-,10-8?,13-9?,14-10-,26-13+,26-22?,27-14?,27-22+. The molecular weight excluding hydrogens is 494 g/mol. The molecule has 3 heterocycles. The molecule has 0 unspecified atom stereocenters. The molecule has 208 valence electrons. The highest BCUT2D eigenvalue weighted by atomic mass is 15.5. The second-order valence-corrected chi connectivity index (χ2v) is 10.6. The van der Waals surface area contributed by atoms with Gasteiger partial charge in [0.05, 0.1) is 11.0 Å². The van der Waals surface area contributed by atoms with Gasteiger partial charge in [-0.1, -0.05) is 80.2 Å². The SMILES string of the molecule is CCCCc1nc2c(N)nc3ccccc3c2n1CC1CCN(NCC2=C/C=C\C=C/C=C\C=C/C(N)=C\2)CC1. The first-order chi connectivity index (χ1) is 19.6. The molecule has 1 saturated heterocycles. The molecule has 5 rings (SSSR count). The van der Waals surface area contributed by atoms with Gasteiger partial charge in [-0.25, -0.2) is 15.0 Å². The van der Waals surface area contributed by atoms with Crippen molar-refractivity contribution in [1.82, 2.24) is 25.0 Å². The average Bonchev–Trinajstić information content (AvgIpc) is 3.32. The smallest absolute Gasteiger partial charge is 0.152 e. The van der Waals surface area contributed by atoms with Gasteiger partial charge in [0.2, 0.25) is 0 Å². The van der Waals surface area contributed by atoms with Crippen LogP contribution in [-0.2, 0) is 13.0 Å². The first kappa shape index (κ1) is 27.6. The summed E-state index contributed by atoms with van der Waals surface area (Å²) in [6.07, 6.45) is 25.6. The van der Waals surface area contributed by atoms with E-state index in [1.165, 1.54) is 0 Å². The van der Waals surface area contributed by atoms with Gasteiger partial charge in [-0.3, -0.25) is 5.43 Å². The van der Waals surface area contributed by atoms with Crippen LogP contribution >= 0.6 is 0 Å². The van der Waals surface area contributed by atoms with Gasteiger partial charge in [-0.15, -0.1) is 0 Å². The lowest BCUT2D eigenvalue weighted by Crippen LogP contribution is -2.45. The lowest BCUT2D eigenvalue weighted by atomic mass is 9.97. The van der Waals surface area contributed by atoms with Crippen LogP contribution in [0, 0.1) is 5.92 Å². The van der Waals surface area contributed by atoms with Gasteiger partial charge >= 0.3 is 0 Å². The molecule has 7 nitrogen and oxygen atoms in total. The number of imidazole rings is 1. The number of fused-ring (bicyclic) bond motifs is 3. The Kier molecular flexibility index (Phi) is 9.26. The van der Waals surface area contributed by atoms with Crippen molar-refractivity contribution in [3.63, 3.8) is 0 Å². The van der Waals surface area contributed by atoms with Crippen molar-refractivity contribution >= 4 is 27.8 Å². The maximum Gasteiger partial charge on any atom is 0.152 e. The summed E-state index contributed by atoms with van der Waals surface area (Å²) in [5, 5.41) is 3.48. The van der Waals surface area contributed by atoms with Crippen LogP contribution in [0.1, 0.15) is 38.4 Å². The molecule has 0 amide bonds. The third-order valence-electron chi connectivity index (χ3n) is 7.62. The van der Waals surface area contributed by atoms with E-state index in [0.29, 0.717) is 11.7 Å². The highest BCUT2D eigenvalue weighted by Crippen LogP contribution is 2.31. The molecule has 7 heteroatoms. The fourth-order valence-corrected chi connectivity index (χ4v) is 5.45. The Balaban J connectivity index is 1.27. The molecule has 0 bridgehead atoms. The quantitative estimate of drug-likeness (QED) is 0.341. The second kappa shape index (κ2) is 13.4. The van der Waals surface area contributed by atoms with Crippen LogP contribution in [0.25, 0.3) is 21.9 Å². The number of nitrogens with two attached hydrogens (primary N) is 2. The van der Waals surface area contributed by atoms with E-state index in [1.807, 2.05) is 60.7 Å². The number of allylic oxidation sites excluding steroid dienone is 9. The summed E-state index contributed by atoms with van der Waals surface area (Å²) >= 11 is 0. The Morgan fingerprint density at radius 2 is 1.70 bits per heavy atom. The summed E-state index contributed by atoms with van der Waals surface area (Å²) < 4.78 is 2.45. The lowest BCUT2D eigenvalue weighted by Gasteiger charge is -2.33. The molecule has 1 aromatic carbocycles. The third kappa shape index (κ3) is 6.79. The molecule has 3 aromatic rings. The molecule has 5 N–H and O–H groups in total. The Morgan fingerprint density at radius 1 is 0.950 bits per heavy atom. The van der Waals surface area contributed by atoms with Crippen molar-refractivity contribution in [2.24, 2.45) is 11.7 Å². The van der Waals surface area contributed by atoms with Gasteiger partial charge in [0, 0.05) is 43.7 Å². The Morgan fingerprint density at radius 3 is 2.50 bits per heavy atom. The number of rotatable bonds is 8. The van der Waals surface area contributed by atoms with Crippen LogP contribution in [0.2, 0.25) is 0 Å². The minimum atomic E-state index is 0.526. The highest BCUT2D eigenvalue weighted by Gasteiger charge is 2.23. The summed E-state index contributed by atoms with van der Waals surface area (Å²) in [6.45, 7) is 5.92. The van der Waals surface area contributed by atoms with Crippen molar-refractivity contribution in [3.8, 4) is 0 Å². The Bertz CT molecular complexity index is 1490. The molecule has 2 aliphatic rings. The zero-order chi connectivity index (χ0) is 27.7. The minimum absolute atomic E-state index is 0.526. The van der Waals surface area contributed by atoms with E-state index in [0.717, 1.165) is 97.3 Å². The molecule has 1 aliphatic carbocycles. The van der Waals surface area contributed by atoms with E-state index >= 15 is 0 Å². The molecular formula is C33H41N7. The molecule has 0 radical (unpaired) electrons. The van der Waals surface area contributed by atoms with Crippen LogP contribution < -0.4 is 16.9 Å². The third-order valence-corrected chi connectivity index (χ3v) is 7.62. The largest absolute Gasteiger partial charge is 0.399 e. The van der Waals surface area contributed by atoms with E-state index in [9.17, 15) is 0 Å². The fraction of sp³-hybridized carbons (Fsp3) is 0.333. The fourth-order valence-electron chi connectivity index (χ4n) is 5.45. The van der Waals surface area contributed by atoms with E-state index in [4.69, 9.17) is 16.5 Å². The van der Waals surface area contributed by atoms with Crippen molar-refractivity contribution in [2.75, 3.05) is 25.4 Å². The first-order valence-corrected chi connectivity index (χ1v) is 14.5. The number of piperidine rings is 1. The summed E-state index contributed by atoms with van der Waals surface area (Å²) in [6, 6.07) is 8.28. The van der Waals surface area contributed by atoms with Crippen molar-refractivity contribution in [3.05, 3.63) is 102 Å². The number of pyridine rings is 1. The van der Waals surface area contributed by atoms with Crippen molar-refractivity contribution in [1.29, 1.82) is 0 Å². The van der Waals surface area contributed by atoms with Crippen LogP contribution in [-0.4, -0.2) is 39.2 Å². The average molecular weight is 536 g/mol. The molecule has 0 spiro atoms. The van der Waals surface area contributed by atoms with Crippen LogP contribution in [0.4, 0.5) is 5.82 Å². The monoisotopic (exact) mass is 535 g/mol. The Hall–Kier alpha value is -3.94. The number of aryl methyl sites for hydroxylation is 1. The normalized spacial score (nSPS) is 23.0. The Labute approximate surface area is 237 Å². The van der Waals surface area contributed by atoms with Crippen molar-refractivity contribution < 1.29 is 0 Å². The van der Waals surface area contributed by atoms with Gasteiger partial charge in [0.1, 0.15) is 11.3 Å². The molecule has 0 atom stereocenters. The van der Waals surface area contributed by atoms with Gasteiger partial charge < -0.3 is 16.0 Å². The van der Waals surface area contributed by atoms with E-state index in [-0.39, 0.29) is 0 Å². The molecule has 1 fully saturated rings. The number of nitrogen functional groups attached to an aromatic ring is 1. The van der Waals surface area contributed by atoms with Gasteiger partial charge in [-0.05, 0) is 49.0 Å². The van der Waals surface area contributed by atoms with Gasteiger partial charge in [-0.2, -0.15) is 0 Å². The number of nitrogens with one attached hydrogen (secondary N) is 1. The van der Waals surface area contributed by atoms with E-state index in [1.54, 1.807) is 0 Å². The van der Waals surface area contributed by atoms with Crippen molar-refractivity contribution in [2.45, 2.75) is 45.6 Å². The summed E-state index contributed by atoms with van der Waals surface area (Å²) in [5.41, 5.74) is 21.1. The summed E-state index contributed by atoms with van der Waals surface area (Å²) in [5.74, 6) is 2.24. The maximum atomic E-state index is 6.40. The topological polar surface area (TPSA) is 98.0 Å². The highest BCUT2D eigenvalue weighted by molar-refractivity contribution is 6.06.